The van der Waals surface area contributed by atoms with Crippen molar-refractivity contribution in [3.8, 4) is 0 Å². The van der Waals surface area contributed by atoms with Gasteiger partial charge in [0, 0.05) is 19.1 Å². The quantitative estimate of drug-likeness (QED) is 0.833. The van der Waals surface area contributed by atoms with Crippen molar-refractivity contribution in [2.45, 2.75) is 6.54 Å². The highest BCUT2D eigenvalue weighted by molar-refractivity contribution is 8.14. The summed E-state index contributed by atoms with van der Waals surface area (Å²) in [5.41, 5.74) is 0.985. The van der Waals surface area contributed by atoms with Crippen molar-refractivity contribution >= 4 is 22.6 Å². The van der Waals surface area contributed by atoms with Gasteiger partial charge < -0.3 is 10.1 Å². The van der Waals surface area contributed by atoms with E-state index in [-0.39, 0.29) is 0 Å². The van der Waals surface area contributed by atoms with Crippen molar-refractivity contribution in [3.63, 3.8) is 0 Å². The number of hydrogen-bond donors (Lipinski definition) is 1. The first-order chi connectivity index (χ1) is 7.38. The van der Waals surface area contributed by atoms with E-state index in [1.165, 1.54) is 0 Å². The zero-order chi connectivity index (χ0) is 10.5. The van der Waals surface area contributed by atoms with Gasteiger partial charge in [-0.1, -0.05) is 11.8 Å². The molecule has 0 aromatic carbocycles. The second-order valence-corrected chi connectivity index (χ2v) is 4.23. The van der Waals surface area contributed by atoms with E-state index in [0.717, 1.165) is 29.7 Å². The summed E-state index contributed by atoms with van der Waals surface area (Å²) in [7, 11) is 1.69. The summed E-state index contributed by atoms with van der Waals surface area (Å²) in [6.45, 7) is 2.36. The Balaban J connectivity index is 1.89. The Labute approximate surface area is 92.9 Å². The second-order valence-electron chi connectivity index (χ2n) is 3.15. The molecule has 0 spiro atoms. The van der Waals surface area contributed by atoms with E-state index in [9.17, 15) is 0 Å². The number of thioether (sulfide) groups is 1. The van der Waals surface area contributed by atoms with Gasteiger partial charge in [0.25, 0.3) is 0 Å². The number of nitrogens with one attached hydrogen (secondary N) is 1. The highest BCUT2D eigenvalue weighted by Crippen LogP contribution is 2.14. The average molecular weight is 226 g/mol. The van der Waals surface area contributed by atoms with Crippen LogP contribution in [0.5, 0.6) is 0 Å². The third-order valence-corrected chi connectivity index (χ3v) is 2.89. The van der Waals surface area contributed by atoms with Crippen molar-refractivity contribution in [3.05, 3.63) is 12.4 Å². The number of hydrogen-bond acceptors (Lipinski definition) is 5. The van der Waals surface area contributed by atoms with Crippen LogP contribution in [0.4, 0.5) is 5.69 Å². The number of methoxy groups -OCH3 is 1. The minimum Gasteiger partial charge on any atom is -0.383 e. The Morgan fingerprint density at radius 1 is 1.67 bits per heavy atom. The zero-order valence-electron chi connectivity index (χ0n) is 8.64. The molecule has 0 amide bonds. The van der Waals surface area contributed by atoms with Gasteiger partial charge in [-0.05, 0) is 0 Å². The van der Waals surface area contributed by atoms with Crippen LogP contribution in [0.3, 0.4) is 0 Å². The molecule has 2 rings (SSSR count). The molecule has 1 aromatic heterocycles. The van der Waals surface area contributed by atoms with Crippen molar-refractivity contribution in [2.75, 3.05) is 31.3 Å². The van der Waals surface area contributed by atoms with Gasteiger partial charge in [-0.3, -0.25) is 9.67 Å². The Bertz CT molecular complexity index is 350. The number of nitrogens with zero attached hydrogens (tertiary/aromatic N) is 3. The van der Waals surface area contributed by atoms with Crippen LogP contribution >= 0.6 is 11.8 Å². The maximum atomic E-state index is 4.98. The van der Waals surface area contributed by atoms with E-state index in [2.05, 4.69) is 15.4 Å². The zero-order valence-corrected chi connectivity index (χ0v) is 9.46. The first kappa shape index (κ1) is 10.5. The first-order valence-electron chi connectivity index (χ1n) is 4.84. The molecule has 0 bridgehead atoms. The lowest BCUT2D eigenvalue weighted by Crippen LogP contribution is -2.05. The highest BCUT2D eigenvalue weighted by Gasteiger charge is 2.07. The van der Waals surface area contributed by atoms with Gasteiger partial charge in [-0.2, -0.15) is 5.10 Å². The van der Waals surface area contributed by atoms with Crippen LogP contribution in [0.25, 0.3) is 0 Å². The topological polar surface area (TPSA) is 51.4 Å². The van der Waals surface area contributed by atoms with Crippen LogP contribution in [0.15, 0.2) is 17.4 Å². The van der Waals surface area contributed by atoms with Gasteiger partial charge in [-0.25, -0.2) is 0 Å². The van der Waals surface area contributed by atoms with Gasteiger partial charge in [0.1, 0.15) is 0 Å². The molecular formula is C9H14N4OS. The molecule has 1 aliphatic rings. The SMILES string of the molecule is COCCn1cc(NC2=NCCS2)cn1. The maximum Gasteiger partial charge on any atom is 0.161 e. The molecule has 1 aliphatic heterocycles. The lowest BCUT2D eigenvalue weighted by Gasteiger charge is -2.00. The molecule has 5 nitrogen and oxygen atoms in total. The van der Waals surface area contributed by atoms with Crippen LogP contribution in [0.2, 0.25) is 0 Å². The van der Waals surface area contributed by atoms with Crippen molar-refractivity contribution < 1.29 is 4.74 Å². The van der Waals surface area contributed by atoms with E-state index in [4.69, 9.17) is 4.74 Å². The monoisotopic (exact) mass is 226 g/mol. The summed E-state index contributed by atoms with van der Waals surface area (Å²) in [6.07, 6.45) is 3.76. The molecule has 1 N–H and O–H groups in total. The first-order valence-corrected chi connectivity index (χ1v) is 5.83. The minimum atomic E-state index is 0.677. The highest BCUT2D eigenvalue weighted by atomic mass is 32.2. The molecule has 82 valence electrons. The largest absolute Gasteiger partial charge is 0.383 e. The van der Waals surface area contributed by atoms with Gasteiger partial charge in [0.05, 0.1) is 31.6 Å². The molecular weight excluding hydrogens is 212 g/mol. The van der Waals surface area contributed by atoms with Crippen molar-refractivity contribution in [1.29, 1.82) is 0 Å². The van der Waals surface area contributed by atoms with Gasteiger partial charge in [0.2, 0.25) is 0 Å². The predicted molar refractivity (Wildman–Crippen MR) is 62.5 cm³/mol. The Morgan fingerprint density at radius 2 is 2.60 bits per heavy atom. The fourth-order valence-corrected chi connectivity index (χ4v) is 2.02. The predicted octanol–water partition coefficient (Wildman–Crippen LogP) is 1.04. The van der Waals surface area contributed by atoms with Crippen molar-refractivity contribution in [1.82, 2.24) is 9.78 Å². The average Bonchev–Trinajstić information content (AvgIpc) is 2.87. The van der Waals surface area contributed by atoms with Gasteiger partial charge in [0.15, 0.2) is 5.17 Å². The van der Waals surface area contributed by atoms with Crippen LogP contribution in [-0.2, 0) is 11.3 Å². The Morgan fingerprint density at radius 3 is 3.33 bits per heavy atom. The van der Waals surface area contributed by atoms with E-state index >= 15 is 0 Å². The molecule has 0 aliphatic carbocycles. The molecule has 1 aromatic rings. The van der Waals surface area contributed by atoms with Crippen LogP contribution in [0.1, 0.15) is 0 Å². The number of ether oxygens (including phenoxy) is 1. The number of rotatable bonds is 4. The number of aliphatic imine (C=N–C) groups is 1. The fraction of sp³-hybridized carbons (Fsp3) is 0.556. The summed E-state index contributed by atoms with van der Waals surface area (Å²) in [4.78, 5) is 4.31. The normalized spacial score (nSPS) is 15.4. The van der Waals surface area contributed by atoms with Crippen LogP contribution < -0.4 is 5.32 Å². The molecule has 0 atom stereocenters. The fourth-order valence-electron chi connectivity index (χ4n) is 1.27. The van der Waals surface area contributed by atoms with E-state index in [0.29, 0.717) is 6.61 Å². The smallest absolute Gasteiger partial charge is 0.161 e. The molecule has 0 saturated heterocycles. The molecule has 2 heterocycles. The van der Waals surface area contributed by atoms with E-state index < -0.39 is 0 Å². The standard InChI is InChI=1S/C9H14N4OS/c1-14-4-3-13-7-8(6-11-13)12-9-10-2-5-15-9/h6-7H,2-5H2,1H3,(H,10,12). The third-order valence-electron chi connectivity index (χ3n) is 1.99. The molecule has 0 radical (unpaired) electrons. The summed E-state index contributed by atoms with van der Waals surface area (Å²) in [6, 6.07) is 0. The number of amidine groups is 1. The summed E-state index contributed by atoms with van der Waals surface area (Å²) in [5.74, 6) is 1.07. The van der Waals surface area contributed by atoms with Crippen LogP contribution in [0, 0.1) is 0 Å². The lowest BCUT2D eigenvalue weighted by molar-refractivity contribution is 0.183. The second kappa shape index (κ2) is 5.18. The molecule has 15 heavy (non-hydrogen) atoms. The van der Waals surface area contributed by atoms with E-state index in [1.807, 2.05) is 10.9 Å². The summed E-state index contributed by atoms with van der Waals surface area (Å²) >= 11 is 1.74. The van der Waals surface area contributed by atoms with E-state index in [1.54, 1.807) is 25.1 Å². The molecule has 0 fully saturated rings. The summed E-state index contributed by atoms with van der Waals surface area (Å²) in [5, 5.41) is 8.42. The lowest BCUT2D eigenvalue weighted by atomic mass is 10.6. The Hall–Kier alpha value is -1.01. The molecule has 6 heteroatoms. The third kappa shape index (κ3) is 2.97. The van der Waals surface area contributed by atoms with Crippen molar-refractivity contribution in [2.24, 2.45) is 4.99 Å². The minimum absolute atomic E-state index is 0.677. The molecule has 0 saturated carbocycles. The number of anilines is 1. The maximum absolute atomic E-state index is 4.98. The summed E-state index contributed by atoms with van der Waals surface area (Å²) < 4.78 is 6.83. The molecule has 0 unspecified atom stereocenters. The van der Waals surface area contributed by atoms with Gasteiger partial charge >= 0.3 is 0 Å². The van der Waals surface area contributed by atoms with Gasteiger partial charge in [-0.15, -0.1) is 0 Å². The Kier molecular flexibility index (Phi) is 3.63. The van der Waals surface area contributed by atoms with Crippen LogP contribution in [-0.4, -0.2) is 41.0 Å². The number of aromatic nitrogens is 2.